The number of aromatic nitrogens is 2. The van der Waals surface area contributed by atoms with Gasteiger partial charge in [0.2, 0.25) is 0 Å². The first kappa shape index (κ1) is 17.1. The molecule has 0 radical (unpaired) electrons. The van der Waals surface area contributed by atoms with E-state index in [-0.39, 0.29) is 0 Å². The fourth-order valence-corrected chi connectivity index (χ4v) is 2.84. The van der Waals surface area contributed by atoms with E-state index in [1.807, 2.05) is 36.7 Å². The van der Waals surface area contributed by atoms with Gasteiger partial charge in [0.1, 0.15) is 0 Å². The molecule has 2 heteroatoms. The zero-order valence-electron chi connectivity index (χ0n) is 14.7. The van der Waals surface area contributed by atoms with Crippen molar-refractivity contribution in [1.29, 1.82) is 0 Å². The van der Waals surface area contributed by atoms with Crippen molar-refractivity contribution in [3.05, 3.63) is 84.8 Å². The zero-order valence-corrected chi connectivity index (χ0v) is 14.7. The smallest absolute Gasteiger partial charge is 0.0701 e. The normalized spacial score (nSPS) is 10.4. The molecular weight excluding hydrogens is 304 g/mol. The Morgan fingerprint density at radius 1 is 0.720 bits per heavy atom. The van der Waals surface area contributed by atoms with Gasteiger partial charge in [0, 0.05) is 28.9 Å². The lowest BCUT2D eigenvalue weighted by molar-refractivity contribution is 0.708. The summed E-state index contributed by atoms with van der Waals surface area (Å²) < 4.78 is 0. The number of unbranched alkanes of at least 4 members (excludes halogenated alkanes) is 2. The highest BCUT2D eigenvalue weighted by Gasteiger charge is 1.97. The number of aryl methyl sites for hydroxylation is 1. The first-order valence-corrected chi connectivity index (χ1v) is 9.00. The minimum absolute atomic E-state index is 1.06. The van der Waals surface area contributed by atoms with Crippen LogP contribution in [-0.4, -0.2) is 9.97 Å². The number of fused-ring (bicyclic) bond motifs is 2. The molecule has 4 rings (SSSR count). The van der Waals surface area contributed by atoms with Crippen LogP contribution in [0.5, 0.6) is 0 Å². The number of hydrogen-bond donors (Lipinski definition) is 0. The van der Waals surface area contributed by atoms with Gasteiger partial charge < -0.3 is 0 Å². The van der Waals surface area contributed by atoms with E-state index < -0.39 is 0 Å². The Hall–Kier alpha value is -2.74. The Morgan fingerprint density at radius 2 is 1.44 bits per heavy atom. The molecule has 0 amide bonds. The Balaban J connectivity index is 0.000000157. The fraction of sp³-hybridized carbons (Fsp3) is 0.217. The van der Waals surface area contributed by atoms with Crippen LogP contribution in [0.2, 0.25) is 0 Å². The van der Waals surface area contributed by atoms with Crippen LogP contribution in [0.1, 0.15) is 31.9 Å². The molecule has 126 valence electrons. The van der Waals surface area contributed by atoms with E-state index in [2.05, 4.69) is 59.4 Å². The molecule has 0 aliphatic heterocycles. The van der Waals surface area contributed by atoms with E-state index >= 15 is 0 Å². The van der Waals surface area contributed by atoms with E-state index in [1.54, 1.807) is 0 Å². The van der Waals surface area contributed by atoms with Gasteiger partial charge in [-0.25, -0.2) is 0 Å². The second-order valence-electron chi connectivity index (χ2n) is 6.18. The minimum atomic E-state index is 1.06. The molecule has 0 atom stereocenters. The van der Waals surface area contributed by atoms with Crippen molar-refractivity contribution in [3.63, 3.8) is 0 Å². The number of rotatable bonds is 4. The summed E-state index contributed by atoms with van der Waals surface area (Å²) >= 11 is 0. The molecule has 4 aromatic rings. The quantitative estimate of drug-likeness (QED) is 0.417. The van der Waals surface area contributed by atoms with Crippen LogP contribution in [0, 0.1) is 0 Å². The molecule has 2 aromatic carbocycles. The Kier molecular flexibility index (Phi) is 6.11. The third-order valence-electron chi connectivity index (χ3n) is 4.24. The molecule has 2 heterocycles. The highest BCUT2D eigenvalue weighted by atomic mass is 14.7. The van der Waals surface area contributed by atoms with E-state index in [4.69, 9.17) is 0 Å². The molecule has 0 unspecified atom stereocenters. The number of nitrogens with zero attached hydrogens (tertiary/aromatic N) is 2. The summed E-state index contributed by atoms with van der Waals surface area (Å²) in [4.78, 5) is 8.66. The van der Waals surface area contributed by atoms with Crippen LogP contribution < -0.4 is 0 Å². The molecule has 0 spiro atoms. The first-order valence-electron chi connectivity index (χ1n) is 9.00. The van der Waals surface area contributed by atoms with Gasteiger partial charge in [-0.1, -0.05) is 68.3 Å². The summed E-state index contributed by atoms with van der Waals surface area (Å²) in [7, 11) is 0. The first-order chi connectivity index (χ1) is 12.4. The SMILES string of the molecule is CCCCCc1cc2ccccc2cn1.c1ccc2ncccc2c1. The maximum absolute atomic E-state index is 4.48. The molecule has 2 aromatic heterocycles. The van der Waals surface area contributed by atoms with Gasteiger partial charge in [-0.05, 0) is 36.4 Å². The van der Waals surface area contributed by atoms with E-state index in [0.29, 0.717) is 0 Å². The van der Waals surface area contributed by atoms with Gasteiger partial charge in [0.05, 0.1) is 5.52 Å². The van der Waals surface area contributed by atoms with Gasteiger partial charge in [-0.15, -0.1) is 0 Å². The number of pyridine rings is 2. The second kappa shape index (κ2) is 8.93. The molecule has 0 aliphatic rings. The van der Waals surface area contributed by atoms with Crippen LogP contribution in [0.25, 0.3) is 21.7 Å². The summed E-state index contributed by atoms with van der Waals surface area (Å²) in [5.41, 5.74) is 2.28. The zero-order chi connectivity index (χ0) is 17.3. The van der Waals surface area contributed by atoms with E-state index in [9.17, 15) is 0 Å². The molecule has 0 saturated heterocycles. The lowest BCUT2D eigenvalue weighted by atomic mass is 10.1. The molecule has 25 heavy (non-hydrogen) atoms. The van der Waals surface area contributed by atoms with Crippen LogP contribution >= 0.6 is 0 Å². The van der Waals surface area contributed by atoms with Crippen molar-refractivity contribution < 1.29 is 0 Å². The predicted octanol–water partition coefficient (Wildman–Crippen LogP) is 6.20. The van der Waals surface area contributed by atoms with E-state index in [0.717, 1.165) is 11.9 Å². The monoisotopic (exact) mass is 328 g/mol. The highest BCUT2D eigenvalue weighted by Crippen LogP contribution is 2.14. The van der Waals surface area contributed by atoms with Gasteiger partial charge in [0.25, 0.3) is 0 Å². The van der Waals surface area contributed by atoms with Gasteiger partial charge in [-0.2, -0.15) is 0 Å². The molecule has 0 bridgehead atoms. The Bertz CT molecular complexity index is 865. The lowest BCUT2D eigenvalue weighted by Gasteiger charge is -2.02. The molecule has 0 fully saturated rings. The van der Waals surface area contributed by atoms with Crippen molar-refractivity contribution in [2.75, 3.05) is 0 Å². The largest absolute Gasteiger partial charge is 0.261 e. The summed E-state index contributed by atoms with van der Waals surface area (Å²) in [5, 5.41) is 3.74. The highest BCUT2D eigenvalue weighted by molar-refractivity contribution is 5.81. The Labute approximate surface area is 149 Å². The van der Waals surface area contributed by atoms with Crippen molar-refractivity contribution in [1.82, 2.24) is 9.97 Å². The van der Waals surface area contributed by atoms with Crippen molar-refractivity contribution in [3.8, 4) is 0 Å². The van der Waals surface area contributed by atoms with Crippen LogP contribution in [-0.2, 0) is 6.42 Å². The molecule has 0 saturated carbocycles. The average molecular weight is 328 g/mol. The van der Waals surface area contributed by atoms with Crippen molar-refractivity contribution in [2.24, 2.45) is 0 Å². The van der Waals surface area contributed by atoms with Crippen molar-refractivity contribution in [2.45, 2.75) is 32.6 Å². The van der Waals surface area contributed by atoms with Crippen LogP contribution in [0.3, 0.4) is 0 Å². The van der Waals surface area contributed by atoms with Crippen LogP contribution in [0.4, 0.5) is 0 Å². The lowest BCUT2D eigenvalue weighted by Crippen LogP contribution is -1.89. The third kappa shape index (κ3) is 4.87. The van der Waals surface area contributed by atoms with Crippen molar-refractivity contribution >= 4 is 21.7 Å². The predicted molar refractivity (Wildman–Crippen MR) is 107 cm³/mol. The maximum atomic E-state index is 4.48. The average Bonchev–Trinajstić information content (AvgIpc) is 2.69. The number of hydrogen-bond acceptors (Lipinski definition) is 2. The minimum Gasteiger partial charge on any atom is -0.261 e. The summed E-state index contributed by atoms with van der Waals surface area (Å²) in [6.07, 6.45) is 8.72. The maximum Gasteiger partial charge on any atom is 0.0701 e. The number of benzene rings is 2. The summed E-state index contributed by atoms with van der Waals surface area (Å²) in [5.74, 6) is 0. The standard InChI is InChI=1S/C14H17N.C9H7N/c1-2-3-4-9-14-10-12-7-5-6-8-13(12)11-15-14;1-2-6-9-8(4-1)5-3-7-10-9/h5-8,10-11H,2-4,9H2,1H3;1-7H. The van der Waals surface area contributed by atoms with Crippen LogP contribution in [0.15, 0.2) is 79.1 Å². The number of para-hydroxylation sites is 1. The molecule has 0 N–H and O–H groups in total. The molecule has 2 nitrogen and oxygen atoms in total. The second-order valence-corrected chi connectivity index (χ2v) is 6.18. The molecular formula is C23H24N2. The van der Waals surface area contributed by atoms with Gasteiger partial charge >= 0.3 is 0 Å². The fourth-order valence-electron chi connectivity index (χ4n) is 2.84. The topological polar surface area (TPSA) is 25.8 Å². The summed E-state index contributed by atoms with van der Waals surface area (Å²) in [6, 6.07) is 22.7. The Morgan fingerprint density at radius 3 is 2.24 bits per heavy atom. The summed E-state index contributed by atoms with van der Waals surface area (Å²) in [6.45, 7) is 2.23. The van der Waals surface area contributed by atoms with Gasteiger partial charge in [-0.3, -0.25) is 9.97 Å². The molecule has 0 aliphatic carbocycles. The van der Waals surface area contributed by atoms with E-state index in [1.165, 1.54) is 41.1 Å². The van der Waals surface area contributed by atoms with Gasteiger partial charge in [0.15, 0.2) is 0 Å². The third-order valence-corrected chi connectivity index (χ3v) is 4.24.